The zero-order chi connectivity index (χ0) is 11.0. The number of hydrogen-bond donors (Lipinski definition) is 1. The van der Waals surface area contributed by atoms with Gasteiger partial charge >= 0.3 is 0 Å². The van der Waals surface area contributed by atoms with E-state index in [0.29, 0.717) is 12.1 Å². The summed E-state index contributed by atoms with van der Waals surface area (Å²) in [6.45, 7) is 3.32. The lowest BCUT2D eigenvalue weighted by molar-refractivity contribution is 0.0789. The zero-order valence-corrected chi connectivity index (χ0v) is 10.5. The minimum Gasteiger partial charge on any atom is -0.376 e. The first-order valence-electron chi connectivity index (χ1n) is 7.24. The van der Waals surface area contributed by atoms with Gasteiger partial charge in [0, 0.05) is 18.7 Å². The topological polar surface area (TPSA) is 21.3 Å². The van der Waals surface area contributed by atoms with Crippen LogP contribution in [-0.4, -0.2) is 24.8 Å². The summed E-state index contributed by atoms with van der Waals surface area (Å²) in [7, 11) is 0. The molecule has 0 aromatic heterocycles. The predicted molar refractivity (Wildman–Crippen MR) is 65.4 cm³/mol. The van der Waals surface area contributed by atoms with Crippen molar-refractivity contribution in [2.24, 2.45) is 11.8 Å². The van der Waals surface area contributed by atoms with Gasteiger partial charge in [-0.15, -0.1) is 0 Å². The van der Waals surface area contributed by atoms with E-state index >= 15 is 0 Å². The normalized spacial score (nSPS) is 44.1. The van der Waals surface area contributed by atoms with Gasteiger partial charge < -0.3 is 10.1 Å². The molecule has 0 radical (unpaired) electrons. The Balaban J connectivity index is 1.50. The fraction of sp³-hybridized carbons (Fsp3) is 1.00. The van der Waals surface area contributed by atoms with E-state index in [1.165, 1.54) is 44.9 Å². The van der Waals surface area contributed by atoms with Gasteiger partial charge in [0.05, 0.1) is 6.10 Å². The van der Waals surface area contributed by atoms with Gasteiger partial charge in [0.25, 0.3) is 0 Å². The molecule has 16 heavy (non-hydrogen) atoms. The lowest BCUT2D eigenvalue weighted by Gasteiger charge is -2.23. The molecule has 3 fully saturated rings. The van der Waals surface area contributed by atoms with Crippen molar-refractivity contribution >= 4 is 0 Å². The van der Waals surface area contributed by atoms with E-state index in [1.807, 2.05) is 0 Å². The second-order valence-electron chi connectivity index (χ2n) is 6.02. The van der Waals surface area contributed by atoms with Crippen LogP contribution in [0.5, 0.6) is 0 Å². The first-order chi connectivity index (χ1) is 7.86. The summed E-state index contributed by atoms with van der Waals surface area (Å²) < 4.78 is 5.89. The van der Waals surface area contributed by atoms with Crippen LogP contribution in [0.3, 0.4) is 0 Å². The maximum absolute atomic E-state index is 5.89. The van der Waals surface area contributed by atoms with Gasteiger partial charge in [-0.3, -0.25) is 0 Å². The molecule has 1 heterocycles. The third kappa shape index (κ3) is 2.28. The van der Waals surface area contributed by atoms with Crippen molar-refractivity contribution in [2.45, 2.75) is 70.1 Å². The second kappa shape index (κ2) is 4.66. The molecule has 1 aliphatic heterocycles. The Morgan fingerprint density at radius 3 is 2.69 bits per heavy atom. The van der Waals surface area contributed by atoms with Crippen LogP contribution in [0.25, 0.3) is 0 Å². The second-order valence-corrected chi connectivity index (χ2v) is 6.02. The number of nitrogens with one attached hydrogen (secondary N) is 1. The van der Waals surface area contributed by atoms with Crippen LogP contribution in [0, 0.1) is 11.8 Å². The molecule has 3 aliphatic rings. The van der Waals surface area contributed by atoms with Gasteiger partial charge in [0.2, 0.25) is 0 Å². The molecule has 0 aromatic rings. The highest BCUT2D eigenvalue weighted by Crippen LogP contribution is 2.39. The van der Waals surface area contributed by atoms with Gasteiger partial charge in [-0.25, -0.2) is 0 Å². The van der Waals surface area contributed by atoms with Crippen molar-refractivity contribution in [1.82, 2.24) is 5.32 Å². The van der Waals surface area contributed by atoms with Gasteiger partial charge in [-0.2, -0.15) is 0 Å². The molecule has 4 atom stereocenters. The fourth-order valence-corrected chi connectivity index (χ4v) is 3.58. The van der Waals surface area contributed by atoms with Crippen LogP contribution in [0.4, 0.5) is 0 Å². The lowest BCUT2D eigenvalue weighted by atomic mass is 10.0. The molecular weight excluding hydrogens is 198 g/mol. The van der Waals surface area contributed by atoms with Gasteiger partial charge in [0.15, 0.2) is 0 Å². The Kier molecular flexibility index (Phi) is 3.21. The van der Waals surface area contributed by atoms with Crippen LogP contribution in [0.1, 0.15) is 51.9 Å². The molecule has 92 valence electrons. The molecule has 1 saturated heterocycles. The van der Waals surface area contributed by atoms with Crippen LogP contribution >= 0.6 is 0 Å². The van der Waals surface area contributed by atoms with Gasteiger partial charge in [0.1, 0.15) is 0 Å². The molecule has 0 amide bonds. The van der Waals surface area contributed by atoms with E-state index < -0.39 is 0 Å². The summed E-state index contributed by atoms with van der Waals surface area (Å²) in [5.74, 6) is 1.88. The molecule has 1 N–H and O–H groups in total. The Labute approximate surface area is 99.1 Å². The number of hydrogen-bond acceptors (Lipinski definition) is 2. The molecule has 3 rings (SSSR count). The molecule has 0 aromatic carbocycles. The molecule has 0 bridgehead atoms. The Bertz CT molecular complexity index is 239. The van der Waals surface area contributed by atoms with Crippen molar-refractivity contribution < 1.29 is 4.74 Å². The minimum atomic E-state index is 0.556. The third-order valence-electron chi connectivity index (χ3n) is 4.79. The highest BCUT2D eigenvalue weighted by Gasteiger charge is 2.41. The van der Waals surface area contributed by atoms with Crippen LogP contribution in [0.2, 0.25) is 0 Å². The van der Waals surface area contributed by atoms with Gasteiger partial charge in [-0.05, 0) is 50.4 Å². The maximum atomic E-state index is 5.89. The minimum absolute atomic E-state index is 0.556. The molecule has 4 unspecified atom stereocenters. The summed E-state index contributed by atoms with van der Waals surface area (Å²) in [5, 5.41) is 3.89. The van der Waals surface area contributed by atoms with E-state index in [0.717, 1.165) is 24.5 Å². The number of ether oxygens (including phenoxy) is 1. The smallest absolute Gasteiger partial charge is 0.0757 e. The SMILES string of the molecule is CCC1CCC(NC2CCOC2C2CC2)C1. The molecule has 2 saturated carbocycles. The van der Waals surface area contributed by atoms with Crippen molar-refractivity contribution in [1.29, 1.82) is 0 Å². The summed E-state index contributed by atoms with van der Waals surface area (Å²) in [5.41, 5.74) is 0. The van der Waals surface area contributed by atoms with Crippen molar-refractivity contribution in [3.63, 3.8) is 0 Å². The predicted octanol–water partition coefficient (Wildman–Crippen LogP) is 2.72. The van der Waals surface area contributed by atoms with Crippen molar-refractivity contribution in [3.05, 3.63) is 0 Å². The third-order valence-corrected chi connectivity index (χ3v) is 4.79. The van der Waals surface area contributed by atoms with E-state index in [4.69, 9.17) is 4.74 Å². The lowest BCUT2D eigenvalue weighted by Crippen LogP contribution is -2.42. The highest BCUT2D eigenvalue weighted by molar-refractivity contribution is 4.95. The first-order valence-corrected chi connectivity index (χ1v) is 7.24. The van der Waals surface area contributed by atoms with E-state index in [9.17, 15) is 0 Å². The Hall–Kier alpha value is -0.0800. The largest absolute Gasteiger partial charge is 0.376 e. The average molecular weight is 223 g/mol. The van der Waals surface area contributed by atoms with E-state index in [-0.39, 0.29) is 0 Å². The van der Waals surface area contributed by atoms with E-state index in [2.05, 4.69) is 12.2 Å². The van der Waals surface area contributed by atoms with Crippen molar-refractivity contribution in [2.75, 3.05) is 6.61 Å². The molecular formula is C14H25NO. The molecule has 2 aliphatic carbocycles. The fourth-order valence-electron chi connectivity index (χ4n) is 3.58. The van der Waals surface area contributed by atoms with Crippen molar-refractivity contribution in [3.8, 4) is 0 Å². The maximum Gasteiger partial charge on any atom is 0.0757 e. The Morgan fingerprint density at radius 1 is 1.12 bits per heavy atom. The molecule has 0 spiro atoms. The summed E-state index contributed by atoms with van der Waals surface area (Å²) >= 11 is 0. The van der Waals surface area contributed by atoms with Crippen LogP contribution in [0.15, 0.2) is 0 Å². The average Bonchev–Trinajstić information content (AvgIpc) is 2.88. The molecule has 2 nitrogen and oxygen atoms in total. The zero-order valence-electron chi connectivity index (χ0n) is 10.5. The standard InChI is InChI=1S/C14H25NO/c1-2-10-3-6-12(9-10)15-13-7-8-16-14(13)11-4-5-11/h10-15H,2-9H2,1H3. The van der Waals surface area contributed by atoms with E-state index in [1.54, 1.807) is 0 Å². The molecule has 2 heteroatoms. The number of rotatable bonds is 4. The Morgan fingerprint density at radius 2 is 2.00 bits per heavy atom. The first kappa shape index (κ1) is 11.0. The van der Waals surface area contributed by atoms with Crippen LogP contribution < -0.4 is 5.32 Å². The summed E-state index contributed by atoms with van der Waals surface area (Å²) in [4.78, 5) is 0. The van der Waals surface area contributed by atoms with Crippen LogP contribution in [-0.2, 0) is 4.74 Å². The monoisotopic (exact) mass is 223 g/mol. The highest BCUT2D eigenvalue weighted by atomic mass is 16.5. The van der Waals surface area contributed by atoms with Gasteiger partial charge in [-0.1, -0.05) is 13.3 Å². The summed E-state index contributed by atoms with van der Waals surface area (Å²) in [6.07, 6.45) is 10.2. The quantitative estimate of drug-likeness (QED) is 0.791. The summed E-state index contributed by atoms with van der Waals surface area (Å²) in [6, 6.07) is 1.46.